The molecule has 3 heterocycles. The molecule has 1 amide bonds. The lowest BCUT2D eigenvalue weighted by Crippen LogP contribution is -2.49. The molecule has 2 aliphatic rings. The summed E-state index contributed by atoms with van der Waals surface area (Å²) in [6.07, 6.45) is 1.83. The number of piperazine rings is 1. The van der Waals surface area contributed by atoms with Crippen LogP contribution in [0.1, 0.15) is 13.3 Å². The molecule has 144 valence electrons. The first-order valence-electron chi connectivity index (χ1n) is 8.69. The maximum absolute atomic E-state index is 11.8. The van der Waals surface area contributed by atoms with Crippen molar-refractivity contribution >= 4 is 27.7 Å². The van der Waals surface area contributed by atoms with Crippen LogP contribution in [-0.4, -0.2) is 92.0 Å². The monoisotopic (exact) mass is 384 g/mol. The van der Waals surface area contributed by atoms with Crippen molar-refractivity contribution < 1.29 is 17.9 Å². The molecule has 1 unspecified atom stereocenters. The lowest BCUT2D eigenvalue weighted by Gasteiger charge is -2.34. The quantitative estimate of drug-likeness (QED) is 0.695. The molecule has 26 heavy (non-hydrogen) atoms. The standard InChI is InChI=1S/C15H24N6O4S/c1-3-25-15(22)21-7-5-20(6-8-21)14-17-13(10-16-18-14)19(2)12-4-9-26(23,24)11-12/h10,12H,3-9,11H2,1-2H3. The van der Waals surface area contributed by atoms with Gasteiger partial charge in [-0.05, 0) is 13.3 Å². The van der Waals surface area contributed by atoms with Crippen molar-refractivity contribution in [2.45, 2.75) is 19.4 Å². The van der Waals surface area contributed by atoms with Gasteiger partial charge in [0.05, 0.1) is 24.3 Å². The third-order valence-electron chi connectivity index (χ3n) is 4.74. The van der Waals surface area contributed by atoms with E-state index in [0.29, 0.717) is 51.0 Å². The highest BCUT2D eigenvalue weighted by atomic mass is 32.2. The number of aromatic nitrogens is 3. The zero-order chi connectivity index (χ0) is 18.7. The molecule has 0 spiro atoms. The molecule has 1 aromatic heterocycles. The van der Waals surface area contributed by atoms with E-state index in [9.17, 15) is 13.2 Å². The molecule has 0 radical (unpaired) electrons. The van der Waals surface area contributed by atoms with Crippen LogP contribution >= 0.6 is 0 Å². The number of rotatable bonds is 4. The Kier molecular flexibility index (Phi) is 5.44. The predicted octanol–water partition coefficient (Wildman–Crippen LogP) is -0.227. The van der Waals surface area contributed by atoms with E-state index in [-0.39, 0.29) is 23.6 Å². The number of hydrogen-bond donors (Lipinski definition) is 0. The molecule has 0 N–H and O–H groups in total. The molecule has 0 aliphatic carbocycles. The Morgan fingerprint density at radius 2 is 2.08 bits per heavy atom. The molecule has 0 aromatic carbocycles. The van der Waals surface area contributed by atoms with Gasteiger partial charge in [-0.3, -0.25) is 0 Å². The van der Waals surface area contributed by atoms with E-state index < -0.39 is 9.84 Å². The molecule has 1 aromatic rings. The predicted molar refractivity (Wildman–Crippen MR) is 96.1 cm³/mol. The molecule has 1 atom stereocenters. The molecule has 11 heteroatoms. The number of carbonyl (C=O) groups excluding carboxylic acids is 1. The second-order valence-electron chi connectivity index (χ2n) is 6.46. The van der Waals surface area contributed by atoms with Crippen LogP contribution in [0.2, 0.25) is 0 Å². The van der Waals surface area contributed by atoms with Crippen LogP contribution in [-0.2, 0) is 14.6 Å². The van der Waals surface area contributed by atoms with Crippen molar-refractivity contribution in [2.75, 3.05) is 61.1 Å². The molecule has 3 rings (SSSR count). The Morgan fingerprint density at radius 3 is 2.69 bits per heavy atom. The molecule has 10 nitrogen and oxygen atoms in total. The second-order valence-corrected chi connectivity index (χ2v) is 8.68. The largest absolute Gasteiger partial charge is 0.450 e. The minimum absolute atomic E-state index is 0.0924. The maximum Gasteiger partial charge on any atom is 0.409 e. The van der Waals surface area contributed by atoms with Crippen LogP contribution in [0.25, 0.3) is 0 Å². The molecular weight excluding hydrogens is 360 g/mol. The minimum Gasteiger partial charge on any atom is -0.450 e. The Bertz CT molecular complexity index is 750. The highest BCUT2D eigenvalue weighted by Gasteiger charge is 2.32. The van der Waals surface area contributed by atoms with Gasteiger partial charge in [-0.2, -0.15) is 10.1 Å². The van der Waals surface area contributed by atoms with Crippen molar-refractivity contribution in [1.82, 2.24) is 20.1 Å². The summed E-state index contributed by atoms with van der Waals surface area (Å²) in [5.41, 5.74) is 0. The zero-order valence-corrected chi connectivity index (χ0v) is 15.9. The summed E-state index contributed by atoms with van der Waals surface area (Å²) in [6, 6.07) is -0.0924. The lowest BCUT2D eigenvalue weighted by atomic mass is 10.2. The number of carbonyl (C=O) groups is 1. The number of anilines is 2. The zero-order valence-electron chi connectivity index (χ0n) is 15.0. The van der Waals surface area contributed by atoms with Gasteiger partial charge in [0.15, 0.2) is 15.7 Å². The topological polar surface area (TPSA) is 109 Å². The van der Waals surface area contributed by atoms with Gasteiger partial charge in [-0.15, -0.1) is 5.10 Å². The summed E-state index contributed by atoms with van der Waals surface area (Å²) in [7, 11) is -1.13. The van der Waals surface area contributed by atoms with Crippen LogP contribution in [0.15, 0.2) is 6.20 Å². The van der Waals surface area contributed by atoms with E-state index in [1.807, 2.05) is 16.8 Å². The first-order valence-corrected chi connectivity index (χ1v) is 10.5. The summed E-state index contributed by atoms with van der Waals surface area (Å²) in [5, 5.41) is 8.11. The normalized spacial score (nSPS) is 22.3. The smallest absolute Gasteiger partial charge is 0.409 e. The van der Waals surface area contributed by atoms with Gasteiger partial charge in [0.2, 0.25) is 5.95 Å². The van der Waals surface area contributed by atoms with Crippen LogP contribution in [0.4, 0.5) is 16.6 Å². The van der Waals surface area contributed by atoms with Crippen LogP contribution in [0.3, 0.4) is 0 Å². The fourth-order valence-electron chi connectivity index (χ4n) is 3.16. The maximum atomic E-state index is 11.8. The van der Waals surface area contributed by atoms with E-state index in [2.05, 4.69) is 15.2 Å². The van der Waals surface area contributed by atoms with Gasteiger partial charge in [0, 0.05) is 39.3 Å². The second kappa shape index (κ2) is 7.60. The van der Waals surface area contributed by atoms with Crippen molar-refractivity contribution in [3.05, 3.63) is 6.20 Å². The Hall–Kier alpha value is -2.17. The highest BCUT2D eigenvalue weighted by molar-refractivity contribution is 7.91. The number of amides is 1. The minimum atomic E-state index is -2.96. The molecule has 2 saturated heterocycles. The van der Waals surface area contributed by atoms with Crippen molar-refractivity contribution in [2.24, 2.45) is 0 Å². The first kappa shape index (κ1) is 18.6. The Balaban J connectivity index is 1.64. The summed E-state index contributed by atoms with van der Waals surface area (Å²) in [4.78, 5) is 21.8. The van der Waals surface area contributed by atoms with Gasteiger partial charge >= 0.3 is 6.09 Å². The summed E-state index contributed by atoms with van der Waals surface area (Å²) in [5.74, 6) is 1.44. The van der Waals surface area contributed by atoms with E-state index in [0.717, 1.165) is 0 Å². The van der Waals surface area contributed by atoms with Gasteiger partial charge < -0.3 is 19.4 Å². The number of nitrogens with zero attached hydrogens (tertiary/aromatic N) is 6. The third-order valence-corrected chi connectivity index (χ3v) is 6.49. The SMILES string of the molecule is CCOC(=O)N1CCN(c2nncc(N(C)C3CCS(=O)(=O)C3)n2)CC1. The van der Waals surface area contributed by atoms with Crippen LogP contribution in [0.5, 0.6) is 0 Å². The van der Waals surface area contributed by atoms with E-state index in [4.69, 9.17) is 4.74 Å². The highest BCUT2D eigenvalue weighted by Crippen LogP contribution is 2.22. The van der Waals surface area contributed by atoms with Crippen molar-refractivity contribution in [3.63, 3.8) is 0 Å². The average Bonchev–Trinajstić information content (AvgIpc) is 3.01. The molecular formula is C15H24N6O4S. The number of ether oxygens (including phenoxy) is 1. The number of sulfone groups is 1. The van der Waals surface area contributed by atoms with Crippen molar-refractivity contribution in [1.29, 1.82) is 0 Å². The fraction of sp³-hybridized carbons (Fsp3) is 0.733. The third kappa shape index (κ3) is 4.14. The van der Waals surface area contributed by atoms with Gasteiger partial charge in [-0.25, -0.2) is 13.2 Å². The van der Waals surface area contributed by atoms with Crippen molar-refractivity contribution in [3.8, 4) is 0 Å². The molecule has 0 bridgehead atoms. The molecule has 2 fully saturated rings. The number of hydrogen-bond acceptors (Lipinski definition) is 9. The fourth-order valence-corrected chi connectivity index (χ4v) is 4.94. The lowest BCUT2D eigenvalue weighted by molar-refractivity contribution is 0.105. The van der Waals surface area contributed by atoms with Gasteiger partial charge in [0.1, 0.15) is 0 Å². The summed E-state index contributed by atoms with van der Waals surface area (Å²) < 4.78 is 28.4. The van der Waals surface area contributed by atoms with Gasteiger partial charge in [-0.1, -0.05) is 0 Å². The van der Waals surface area contributed by atoms with Crippen LogP contribution in [0, 0.1) is 0 Å². The Labute approximate surface area is 153 Å². The molecule has 0 saturated carbocycles. The van der Waals surface area contributed by atoms with E-state index >= 15 is 0 Å². The Morgan fingerprint density at radius 1 is 1.35 bits per heavy atom. The summed E-state index contributed by atoms with van der Waals surface area (Å²) in [6.45, 7) is 4.38. The van der Waals surface area contributed by atoms with Crippen LogP contribution < -0.4 is 9.80 Å². The summed E-state index contributed by atoms with van der Waals surface area (Å²) >= 11 is 0. The van der Waals surface area contributed by atoms with Gasteiger partial charge in [0.25, 0.3) is 0 Å². The van der Waals surface area contributed by atoms with E-state index in [1.54, 1.807) is 18.0 Å². The first-order chi connectivity index (χ1) is 12.4. The van der Waals surface area contributed by atoms with E-state index in [1.165, 1.54) is 0 Å². The molecule has 2 aliphatic heterocycles. The average molecular weight is 384 g/mol.